The number of hydrogen-bond acceptors (Lipinski definition) is 1. The molecule has 2 rings (SSSR count). The van der Waals surface area contributed by atoms with Crippen LogP contribution in [0.2, 0.25) is 0 Å². The molecule has 0 fully saturated rings. The van der Waals surface area contributed by atoms with Gasteiger partial charge in [-0.3, -0.25) is 0 Å². The maximum atomic E-state index is 4.66. The van der Waals surface area contributed by atoms with Gasteiger partial charge >= 0.3 is 0 Å². The highest BCUT2D eigenvalue weighted by Crippen LogP contribution is 2.28. The van der Waals surface area contributed by atoms with Gasteiger partial charge in [-0.2, -0.15) is 0 Å². The highest BCUT2D eigenvalue weighted by Gasteiger charge is 2.13. The van der Waals surface area contributed by atoms with Crippen LogP contribution in [0.1, 0.15) is 29.6 Å². The van der Waals surface area contributed by atoms with Crippen LogP contribution >= 0.6 is 15.9 Å². The molecule has 1 aromatic heterocycles. The van der Waals surface area contributed by atoms with Crippen molar-refractivity contribution in [2.24, 2.45) is 7.05 Å². The lowest BCUT2D eigenvalue weighted by Crippen LogP contribution is -1.99. The number of fused-ring (bicyclic) bond motifs is 1. The number of benzene rings is 1. The number of alkyl halides is 1. The molecular weight excluding hydrogens is 252 g/mol. The number of hydrogen-bond donors (Lipinski definition) is 0. The molecule has 0 aliphatic rings. The van der Waals surface area contributed by atoms with Gasteiger partial charge in [0.15, 0.2) is 0 Å². The minimum absolute atomic E-state index is 0.343. The molecule has 1 aromatic carbocycles. The van der Waals surface area contributed by atoms with Crippen LogP contribution in [0.5, 0.6) is 0 Å². The van der Waals surface area contributed by atoms with Gasteiger partial charge in [0.25, 0.3) is 0 Å². The Morgan fingerprint density at radius 3 is 2.87 bits per heavy atom. The van der Waals surface area contributed by atoms with Crippen LogP contribution < -0.4 is 0 Å². The van der Waals surface area contributed by atoms with Crippen molar-refractivity contribution < 1.29 is 0 Å². The zero-order chi connectivity index (χ0) is 11.0. The summed E-state index contributed by atoms with van der Waals surface area (Å²) in [6.45, 7) is 4.25. The van der Waals surface area contributed by atoms with Crippen molar-refractivity contribution in [3.63, 3.8) is 0 Å². The molecule has 0 aliphatic carbocycles. The van der Waals surface area contributed by atoms with Crippen molar-refractivity contribution in [2.45, 2.75) is 25.1 Å². The topological polar surface area (TPSA) is 17.8 Å². The lowest BCUT2D eigenvalue weighted by molar-refractivity contribution is 0.767. The van der Waals surface area contributed by atoms with E-state index in [1.807, 2.05) is 0 Å². The first-order valence-corrected chi connectivity index (χ1v) is 6.12. The molecule has 1 atom stereocenters. The number of rotatable bonds is 2. The summed E-state index contributed by atoms with van der Waals surface area (Å²) in [5.41, 5.74) is 3.55. The summed E-state index contributed by atoms with van der Waals surface area (Å²) in [7, 11) is 2.07. The Morgan fingerprint density at radius 1 is 1.47 bits per heavy atom. The highest BCUT2D eigenvalue weighted by atomic mass is 79.9. The molecule has 0 N–H and O–H groups in total. The second kappa shape index (κ2) is 3.97. The Balaban J connectivity index is 2.63. The largest absolute Gasteiger partial charge is 0.330 e. The number of imidazole rings is 1. The lowest BCUT2D eigenvalue weighted by Gasteiger charge is -2.06. The molecule has 1 heterocycles. The van der Waals surface area contributed by atoms with Crippen LogP contribution in [0, 0.1) is 6.92 Å². The van der Waals surface area contributed by atoms with E-state index >= 15 is 0 Å². The summed E-state index contributed by atoms with van der Waals surface area (Å²) in [5.74, 6) is 1.11. The van der Waals surface area contributed by atoms with E-state index in [0.717, 1.165) is 17.8 Å². The molecular formula is C12H15BrN2. The first-order valence-electron chi connectivity index (χ1n) is 5.20. The molecule has 0 spiro atoms. The summed E-state index contributed by atoms with van der Waals surface area (Å²) < 4.78 is 2.16. The van der Waals surface area contributed by atoms with Crippen LogP contribution in [0.25, 0.3) is 11.0 Å². The predicted octanol–water partition coefficient (Wildman–Crippen LogP) is 3.73. The molecule has 1 unspecified atom stereocenters. The van der Waals surface area contributed by atoms with E-state index in [9.17, 15) is 0 Å². The zero-order valence-corrected chi connectivity index (χ0v) is 10.9. The van der Waals surface area contributed by atoms with Gasteiger partial charge in [0.1, 0.15) is 5.82 Å². The monoisotopic (exact) mass is 266 g/mol. The van der Waals surface area contributed by atoms with Gasteiger partial charge in [-0.05, 0) is 31.0 Å². The first-order chi connectivity index (χ1) is 7.13. The number of aryl methyl sites for hydroxylation is 2. The Labute approximate surface area is 98.4 Å². The Kier molecular flexibility index (Phi) is 2.83. The molecule has 0 radical (unpaired) electrons. The molecule has 0 saturated carbocycles. The molecule has 0 bridgehead atoms. The van der Waals surface area contributed by atoms with Crippen LogP contribution in [-0.2, 0) is 7.05 Å². The average Bonchev–Trinajstić information content (AvgIpc) is 2.54. The fraction of sp³-hybridized carbons (Fsp3) is 0.417. The van der Waals surface area contributed by atoms with Gasteiger partial charge in [-0.1, -0.05) is 28.9 Å². The molecule has 80 valence electrons. The van der Waals surface area contributed by atoms with Crippen LogP contribution in [0.15, 0.2) is 18.2 Å². The van der Waals surface area contributed by atoms with E-state index < -0.39 is 0 Å². The fourth-order valence-electron chi connectivity index (χ4n) is 1.79. The Morgan fingerprint density at radius 2 is 2.20 bits per heavy atom. The molecule has 2 nitrogen and oxygen atoms in total. The number of nitrogens with zero attached hydrogens (tertiary/aromatic N) is 2. The van der Waals surface area contributed by atoms with E-state index in [1.54, 1.807) is 0 Å². The van der Waals surface area contributed by atoms with Gasteiger partial charge in [0.2, 0.25) is 0 Å². The van der Waals surface area contributed by atoms with E-state index in [4.69, 9.17) is 0 Å². The average molecular weight is 267 g/mol. The molecule has 3 heteroatoms. The summed E-state index contributed by atoms with van der Waals surface area (Å²) >= 11 is 3.65. The molecule has 0 aliphatic heterocycles. The van der Waals surface area contributed by atoms with Gasteiger partial charge in [-0.15, -0.1) is 0 Å². The molecule has 15 heavy (non-hydrogen) atoms. The smallest absolute Gasteiger partial charge is 0.123 e. The van der Waals surface area contributed by atoms with E-state index in [-0.39, 0.29) is 0 Å². The van der Waals surface area contributed by atoms with Crippen molar-refractivity contribution in [1.82, 2.24) is 9.55 Å². The zero-order valence-electron chi connectivity index (χ0n) is 9.29. The van der Waals surface area contributed by atoms with Crippen LogP contribution in [-0.4, -0.2) is 9.55 Å². The second-order valence-corrected chi connectivity index (χ2v) is 5.00. The Bertz CT molecular complexity index is 488. The fourth-order valence-corrected chi connectivity index (χ4v) is 2.20. The van der Waals surface area contributed by atoms with Gasteiger partial charge in [0, 0.05) is 7.05 Å². The van der Waals surface area contributed by atoms with Crippen LogP contribution in [0.4, 0.5) is 0 Å². The van der Waals surface area contributed by atoms with E-state index in [1.165, 1.54) is 11.1 Å². The molecule has 0 amide bonds. The van der Waals surface area contributed by atoms with Crippen LogP contribution in [0.3, 0.4) is 0 Å². The normalized spacial score (nSPS) is 13.3. The third-order valence-electron chi connectivity index (χ3n) is 2.71. The van der Waals surface area contributed by atoms with Crippen molar-refractivity contribution in [1.29, 1.82) is 0 Å². The van der Waals surface area contributed by atoms with Crippen molar-refractivity contribution in [2.75, 3.05) is 0 Å². The standard InChI is InChI=1S/C12H15BrN2/c1-4-9(13)12-14-10-7-8(2)5-6-11(10)15(12)3/h5-7,9H,4H2,1-3H3. The second-order valence-electron chi connectivity index (χ2n) is 3.90. The predicted molar refractivity (Wildman–Crippen MR) is 67.4 cm³/mol. The SMILES string of the molecule is CCC(Br)c1nc2cc(C)ccc2n1C. The third-order valence-corrected chi connectivity index (χ3v) is 3.77. The Hall–Kier alpha value is -0.830. The quantitative estimate of drug-likeness (QED) is 0.758. The minimum atomic E-state index is 0.343. The van der Waals surface area contributed by atoms with Gasteiger partial charge in [0.05, 0.1) is 15.9 Å². The maximum absolute atomic E-state index is 4.66. The lowest BCUT2D eigenvalue weighted by atomic mass is 10.2. The molecule has 0 saturated heterocycles. The van der Waals surface area contributed by atoms with Crippen molar-refractivity contribution >= 4 is 27.0 Å². The molecule has 2 aromatic rings. The van der Waals surface area contributed by atoms with Crippen molar-refractivity contribution in [3.8, 4) is 0 Å². The summed E-state index contributed by atoms with van der Waals surface area (Å²) in [6, 6.07) is 6.40. The van der Waals surface area contributed by atoms with Gasteiger partial charge < -0.3 is 4.57 Å². The summed E-state index contributed by atoms with van der Waals surface area (Å²) in [5, 5.41) is 0. The maximum Gasteiger partial charge on any atom is 0.123 e. The number of aromatic nitrogens is 2. The van der Waals surface area contributed by atoms with E-state index in [2.05, 4.69) is 64.6 Å². The number of halogens is 1. The van der Waals surface area contributed by atoms with E-state index in [0.29, 0.717) is 4.83 Å². The highest BCUT2D eigenvalue weighted by molar-refractivity contribution is 9.09. The third kappa shape index (κ3) is 1.81. The van der Waals surface area contributed by atoms with Gasteiger partial charge in [-0.25, -0.2) is 4.98 Å². The first kappa shape index (κ1) is 10.7. The summed E-state index contributed by atoms with van der Waals surface area (Å²) in [6.07, 6.45) is 1.05. The summed E-state index contributed by atoms with van der Waals surface area (Å²) in [4.78, 5) is 5.00. The minimum Gasteiger partial charge on any atom is -0.330 e. The van der Waals surface area contributed by atoms with Crippen molar-refractivity contribution in [3.05, 3.63) is 29.6 Å².